The molecule has 0 aromatic carbocycles. The Morgan fingerprint density at radius 1 is 1.25 bits per heavy atom. The van der Waals surface area contributed by atoms with E-state index in [1.54, 1.807) is 0 Å². The van der Waals surface area contributed by atoms with E-state index in [-0.39, 0.29) is 0 Å². The second-order valence-corrected chi connectivity index (χ2v) is 6.73. The van der Waals surface area contributed by atoms with Crippen molar-refractivity contribution < 1.29 is 0 Å². The summed E-state index contributed by atoms with van der Waals surface area (Å²) in [6, 6.07) is 4.38. The molecule has 1 fully saturated rings. The van der Waals surface area contributed by atoms with Crippen LogP contribution in [0.15, 0.2) is 18.3 Å². The number of hydrogen-bond donors (Lipinski definition) is 1. The van der Waals surface area contributed by atoms with E-state index in [9.17, 15) is 0 Å². The Hall–Kier alpha value is -0.930. The van der Waals surface area contributed by atoms with Gasteiger partial charge < -0.3 is 5.32 Å². The third kappa shape index (κ3) is 4.88. The lowest BCUT2D eigenvalue weighted by Crippen LogP contribution is -2.25. The quantitative estimate of drug-likeness (QED) is 0.894. The molecule has 0 bridgehead atoms. The van der Waals surface area contributed by atoms with Crippen LogP contribution < -0.4 is 5.32 Å². The van der Waals surface area contributed by atoms with Crippen molar-refractivity contribution >= 4 is 0 Å². The number of likely N-dealkylation sites (tertiary alicyclic amines) is 1. The van der Waals surface area contributed by atoms with Gasteiger partial charge >= 0.3 is 0 Å². The van der Waals surface area contributed by atoms with Gasteiger partial charge in [0, 0.05) is 19.3 Å². The molecule has 1 aromatic rings. The van der Waals surface area contributed by atoms with Crippen LogP contribution in [-0.4, -0.2) is 29.5 Å². The summed E-state index contributed by atoms with van der Waals surface area (Å²) in [4.78, 5) is 7.17. The van der Waals surface area contributed by atoms with Gasteiger partial charge in [0.1, 0.15) is 0 Å². The molecule has 0 aliphatic carbocycles. The summed E-state index contributed by atoms with van der Waals surface area (Å²) in [5.74, 6) is 0. The van der Waals surface area contributed by atoms with Gasteiger partial charge in [0.2, 0.25) is 0 Å². The molecular formula is C17H29N3. The first-order valence-electron chi connectivity index (χ1n) is 7.96. The lowest BCUT2D eigenvalue weighted by Gasteiger charge is -2.23. The van der Waals surface area contributed by atoms with Crippen molar-refractivity contribution in [2.24, 2.45) is 5.41 Å². The number of nitrogens with one attached hydrogen (secondary N) is 1. The molecule has 1 aliphatic heterocycles. The Morgan fingerprint density at radius 2 is 2.10 bits per heavy atom. The molecule has 3 nitrogen and oxygen atoms in total. The molecule has 112 valence electrons. The predicted molar refractivity (Wildman–Crippen MR) is 84.5 cm³/mol. The first-order valence-corrected chi connectivity index (χ1v) is 7.96. The van der Waals surface area contributed by atoms with E-state index in [4.69, 9.17) is 0 Å². The van der Waals surface area contributed by atoms with Crippen molar-refractivity contribution in [2.45, 2.75) is 53.1 Å². The third-order valence-corrected chi connectivity index (χ3v) is 4.28. The number of hydrogen-bond acceptors (Lipinski definition) is 3. The maximum Gasteiger partial charge on any atom is 0.0544 e. The summed E-state index contributed by atoms with van der Waals surface area (Å²) in [6.07, 6.45) is 5.97. The lowest BCUT2D eigenvalue weighted by atomic mass is 9.85. The van der Waals surface area contributed by atoms with Crippen LogP contribution >= 0.6 is 0 Å². The fraction of sp³-hybridized carbons (Fsp3) is 0.706. The van der Waals surface area contributed by atoms with Crippen LogP contribution in [0.2, 0.25) is 0 Å². The Morgan fingerprint density at radius 3 is 2.80 bits per heavy atom. The Kier molecular flexibility index (Phi) is 5.55. The van der Waals surface area contributed by atoms with E-state index >= 15 is 0 Å². The second-order valence-electron chi connectivity index (χ2n) is 6.73. The molecule has 20 heavy (non-hydrogen) atoms. The summed E-state index contributed by atoms with van der Waals surface area (Å²) >= 11 is 0. The third-order valence-electron chi connectivity index (χ3n) is 4.28. The second kappa shape index (κ2) is 7.19. The van der Waals surface area contributed by atoms with E-state index in [0.717, 1.165) is 19.6 Å². The Labute approximate surface area is 123 Å². The maximum absolute atomic E-state index is 4.61. The van der Waals surface area contributed by atoms with Gasteiger partial charge in [-0.1, -0.05) is 26.8 Å². The molecule has 1 saturated heterocycles. The topological polar surface area (TPSA) is 28.2 Å². The van der Waals surface area contributed by atoms with Gasteiger partial charge in [0.15, 0.2) is 0 Å². The highest BCUT2D eigenvalue weighted by Crippen LogP contribution is 2.30. The van der Waals surface area contributed by atoms with Crippen molar-refractivity contribution in [3.63, 3.8) is 0 Å². The minimum atomic E-state index is 0.512. The van der Waals surface area contributed by atoms with E-state index < -0.39 is 0 Å². The van der Waals surface area contributed by atoms with Crippen LogP contribution in [0.3, 0.4) is 0 Å². The molecule has 0 atom stereocenters. The van der Waals surface area contributed by atoms with Crippen molar-refractivity contribution in [1.29, 1.82) is 0 Å². The zero-order chi connectivity index (χ0) is 14.4. The molecule has 0 radical (unpaired) electrons. The number of aromatic nitrogens is 1. The van der Waals surface area contributed by atoms with Crippen LogP contribution in [0.4, 0.5) is 0 Å². The number of pyridine rings is 1. The lowest BCUT2D eigenvalue weighted by molar-refractivity contribution is 0.253. The van der Waals surface area contributed by atoms with Gasteiger partial charge in [-0.3, -0.25) is 9.88 Å². The first-order chi connectivity index (χ1) is 9.59. The van der Waals surface area contributed by atoms with Crippen molar-refractivity contribution in [3.05, 3.63) is 29.6 Å². The first kappa shape index (κ1) is 15.5. The summed E-state index contributed by atoms with van der Waals surface area (Å²) in [5, 5.41) is 3.33. The van der Waals surface area contributed by atoms with Crippen LogP contribution in [0, 0.1) is 5.41 Å². The van der Waals surface area contributed by atoms with Crippen LogP contribution in [0.25, 0.3) is 0 Å². The van der Waals surface area contributed by atoms with Crippen molar-refractivity contribution in [3.8, 4) is 0 Å². The minimum Gasteiger partial charge on any atom is -0.313 e. The molecule has 0 unspecified atom stereocenters. The summed E-state index contributed by atoms with van der Waals surface area (Å²) < 4.78 is 0. The molecule has 0 spiro atoms. The average molecular weight is 275 g/mol. The van der Waals surface area contributed by atoms with Gasteiger partial charge in [-0.25, -0.2) is 0 Å². The predicted octanol–water partition coefficient (Wildman–Crippen LogP) is 3.20. The van der Waals surface area contributed by atoms with Gasteiger partial charge in [0.05, 0.1) is 5.69 Å². The van der Waals surface area contributed by atoms with E-state index in [1.807, 2.05) is 6.20 Å². The normalized spacial score (nSPS) is 19.8. The van der Waals surface area contributed by atoms with E-state index in [0.29, 0.717) is 5.41 Å². The van der Waals surface area contributed by atoms with Gasteiger partial charge in [0.25, 0.3) is 0 Å². The molecular weight excluding hydrogens is 246 g/mol. The maximum atomic E-state index is 4.61. The van der Waals surface area contributed by atoms with E-state index in [1.165, 1.54) is 43.6 Å². The summed E-state index contributed by atoms with van der Waals surface area (Å²) in [6.45, 7) is 12.2. The molecule has 0 saturated carbocycles. The SMILES string of the molecule is CCNCc1ccc(CN2CCCC(C)(C)CC2)nc1. The summed E-state index contributed by atoms with van der Waals surface area (Å²) in [7, 11) is 0. The van der Waals surface area contributed by atoms with Gasteiger partial charge in [-0.15, -0.1) is 0 Å². The molecule has 1 N–H and O–H groups in total. The van der Waals surface area contributed by atoms with Crippen molar-refractivity contribution in [2.75, 3.05) is 19.6 Å². The minimum absolute atomic E-state index is 0.512. The molecule has 1 aromatic heterocycles. The molecule has 2 heterocycles. The van der Waals surface area contributed by atoms with Crippen LogP contribution in [-0.2, 0) is 13.1 Å². The van der Waals surface area contributed by atoms with Gasteiger partial charge in [-0.2, -0.15) is 0 Å². The van der Waals surface area contributed by atoms with Crippen LogP contribution in [0.5, 0.6) is 0 Å². The molecule has 1 aliphatic rings. The zero-order valence-corrected chi connectivity index (χ0v) is 13.3. The molecule has 3 heteroatoms. The highest BCUT2D eigenvalue weighted by molar-refractivity contribution is 5.14. The van der Waals surface area contributed by atoms with Gasteiger partial charge in [-0.05, 0) is 55.9 Å². The zero-order valence-electron chi connectivity index (χ0n) is 13.3. The summed E-state index contributed by atoms with van der Waals surface area (Å²) in [5.41, 5.74) is 2.98. The highest BCUT2D eigenvalue weighted by Gasteiger charge is 2.22. The fourth-order valence-electron chi connectivity index (χ4n) is 2.79. The smallest absolute Gasteiger partial charge is 0.0544 e. The largest absolute Gasteiger partial charge is 0.313 e. The van der Waals surface area contributed by atoms with E-state index in [2.05, 4.69) is 48.1 Å². The molecule has 2 rings (SSSR count). The fourth-order valence-corrected chi connectivity index (χ4v) is 2.79. The standard InChI is InChI=1S/C17H29N3/c1-4-18-12-15-6-7-16(19-13-15)14-20-10-5-8-17(2,3)9-11-20/h6-7,13,18H,4-5,8-12,14H2,1-3H3. The Bertz CT molecular complexity index is 397. The van der Waals surface area contributed by atoms with Crippen LogP contribution in [0.1, 0.15) is 51.3 Å². The average Bonchev–Trinajstić information content (AvgIpc) is 2.59. The highest BCUT2D eigenvalue weighted by atomic mass is 15.1. The number of nitrogens with zero attached hydrogens (tertiary/aromatic N) is 2. The van der Waals surface area contributed by atoms with Crippen molar-refractivity contribution in [1.82, 2.24) is 15.2 Å². The number of rotatable bonds is 5. The monoisotopic (exact) mass is 275 g/mol. The molecule has 0 amide bonds. The Balaban J connectivity index is 1.86.